The molecule has 1 N–H and O–H groups in total. The van der Waals surface area contributed by atoms with Crippen LogP contribution < -0.4 is 10.2 Å². The molecule has 2 aromatic carbocycles. The second-order valence-corrected chi connectivity index (χ2v) is 10.4. The van der Waals surface area contributed by atoms with E-state index in [-0.39, 0.29) is 18.0 Å². The minimum Gasteiger partial charge on any atom is -0.349 e. The Hall–Kier alpha value is -3.65. The maximum atomic E-state index is 13.5. The van der Waals surface area contributed by atoms with Crippen molar-refractivity contribution in [1.82, 2.24) is 14.5 Å². The lowest BCUT2D eigenvalue weighted by atomic mass is 9.96. The molecule has 1 atom stereocenters. The zero-order valence-electron chi connectivity index (χ0n) is 20.0. The predicted octanol–water partition coefficient (Wildman–Crippen LogP) is 4.89. The number of anilines is 2. The molecule has 4 aromatic rings. The van der Waals surface area contributed by atoms with Crippen LogP contribution in [0.3, 0.4) is 0 Å². The van der Waals surface area contributed by atoms with Gasteiger partial charge in [-0.3, -0.25) is 9.59 Å². The highest BCUT2D eigenvalue weighted by molar-refractivity contribution is 7.15. The molecule has 0 bridgehead atoms. The highest BCUT2D eigenvalue weighted by Gasteiger charge is 2.42. The van der Waals surface area contributed by atoms with Crippen LogP contribution in [-0.4, -0.2) is 39.9 Å². The van der Waals surface area contributed by atoms with Crippen molar-refractivity contribution in [3.63, 3.8) is 0 Å². The third-order valence-electron chi connectivity index (χ3n) is 7.24. The van der Waals surface area contributed by atoms with Gasteiger partial charge in [0, 0.05) is 42.3 Å². The summed E-state index contributed by atoms with van der Waals surface area (Å²) in [7, 11) is 2.06. The van der Waals surface area contributed by atoms with Crippen molar-refractivity contribution < 1.29 is 9.59 Å². The molecular formula is C27H27N5O2S. The third-order valence-corrected chi connectivity index (χ3v) is 8.23. The molecule has 2 aromatic heterocycles. The average molecular weight is 486 g/mol. The topological polar surface area (TPSA) is 70.5 Å². The number of aromatic nitrogens is 2. The summed E-state index contributed by atoms with van der Waals surface area (Å²) in [5, 5.41) is 4.81. The summed E-state index contributed by atoms with van der Waals surface area (Å²) in [5.41, 5.74) is 6.11. The Morgan fingerprint density at radius 3 is 2.71 bits per heavy atom. The number of thiazole rings is 1. The van der Waals surface area contributed by atoms with E-state index >= 15 is 0 Å². The van der Waals surface area contributed by atoms with Gasteiger partial charge in [0.15, 0.2) is 5.13 Å². The number of hydrogen-bond donors (Lipinski definition) is 1. The van der Waals surface area contributed by atoms with Crippen LogP contribution >= 0.6 is 11.3 Å². The number of hydrogen-bond acceptors (Lipinski definition) is 5. The molecular weight excluding hydrogens is 458 g/mol. The Labute approximate surface area is 208 Å². The standard InChI is InChI=1S/C27H27N5O2S/c1-16-17(2)35-27(28-16)29-23(33)13-15-31-22-11-7-4-8-18(22)19-12-14-32-25(24(19)31)30(3)21-10-6-5-9-20(21)26(32)34/h4-11,25H,12-15H2,1-3H3,(H,28,29,33). The van der Waals surface area contributed by atoms with Crippen LogP contribution in [0.5, 0.6) is 0 Å². The minimum atomic E-state index is -0.208. The van der Waals surface area contributed by atoms with Gasteiger partial charge in [0.05, 0.1) is 22.6 Å². The summed E-state index contributed by atoms with van der Waals surface area (Å²) >= 11 is 1.50. The number of rotatable bonds is 4. The fourth-order valence-corrected chi connectivity index (χ4v) is 6.30. The molecule has 0 radical (unpaired) electrons. The molecule has 35 heavy (non-hydrogen) atoms. The van der Waals surface area contributed by atoms with Gasteiger partial charge >= 0.3 is 0 Å². The van der Waals surface area contributed by atoms with Crippen molar-refractivity contribution in [2.75, 3.05) is 23.8 Å². The van der Waals surface area contributed by atoms with Gasteiger partial charge in [-0.15, -0.1) is 11.3 Å². The van der Waals surface area contributed by atoms with E-state index in [1.54, 1.807) is 0 Å². The largest absolute Gasteiger partial charge is 0.349 e. The van der Waals surface area contributed by atoms with Gasteiger partial charge in [0.25, 0.3) is 5.91 Å². The number of amides is 2. The first-order chi connectivity index (χ1) is 16.9. The van der Waals surface area contributed by atoms with Gasteiger partial charge in [-0.2, -0.15) is 0 Å². The van der Waals surface area contributed by atoms with Crippen LogP contribution in [-0.2, 0) is 17.8 Å². The van der Waals surface area contributed by atoms with Crippen molar-refractivity contribution in [1.29, 1.82) is 0 Å². The molecule has 2 aliphatic heterocycles. The zero-order valence-corrected chi connectivity index (χ0v) is 20.9. The monoisotopic (exact) mass is 485 g/mol. The van der Waals surface area contributed by atoms with E-state index < -0.39 is 0 Å². The summed E-state index contributed by atoms with van der Waals surface area (Å²) in [6, 6.07) is 16.2. The van der Waals surface area contributed by atoms with Crippen molar-refractivity contribution in [2.24, 2.45) is 0 Å². The minimum absolute atomic E-state index is 0.0589. The summed E-state index contributed by atoms with van der Waals surface area (Å²) in [6.07, 6.45) is 0.912. The normalized spacial score (nSPS) is 16.8. The van der Waals surface area contributed by atoms with E-state index in [1.165, 1.54) is 22.3 Å². The number of carbonyl (C=O) groups excluding carboxylic acids is 2. The van der Waals surface area contributed by atoms with Crippen LogP contribution in [0, 0.1) is 13.8 Å². The first kappa shape index (κ1) is 21.9. The Morgan fingerprint density at radius 2 is 1.91 bits per heavy atom. The number of aryl methyl sites for hydroxylation is 3. The summed E-state index contributed by atoms with van der Waals surface area (Å²) in [4.78, 5) is 36.0. The fourth-order valence-electron chi connectivity index (χ4n) is 5.47. The van der Waals surface area contributed by atoms with Gasteiger partial charge < -0.3 is 19.7 Å². The molecule has 0 saturated carbocycles. The van der Waals surface area contributed by atoms with E-state index in [9.17, 15) is 9.59 Å². The van der Waals surface area contributed by atoms with Crippen LogP contribution in [0.15, 0.2) is 48.5 Å². The molecule has 8 heteroatoms. The van der Waals surface area contributed by atoms with Crippen molar-refractivity contribution >= 4 is 44.9 Å². The molecule has 7 nitrogen and oxygen atoms in total. The van der Waals surface area contributed by atoms with Gasteiger partial charge in [0.2, 0.25) is 5.91 Å². The molecule has 0 fully saturated rings. The van der Waals surface area contributed by atoms with Gasteiger partial charge in [-0.25, -0.2) is 4.98 Å². The number of carbonyl (C=O) groups is 2. The zero-order chi connectivity index (χ0) is 24.3. The SMILES string of the molecule is Cc1nc(NC(=O)CCn2c3c(c4ccccc42)CCN2C(=O)c4ccccc4N(C)C32)sc1C. The highest BCUT2D eigenvalue weighted by atomic mass is 32.1. The molecule has 0 spiro atoms. The molecule has 2 amide bonds. The second-order valence-electron chi connectivity index (χ2n) is 9.24. The van der Waals surface area contributed by atoms with Crippen molar-refractivity contribution in [2.45, 2.75) is 39.4 Å². The smallest absolute Gasteiger partial charge is 0.257 e. The Kier molecular flexibility index (Phi) is 5.14. The fraction of sp³-hybridized carbons (Fsp3) is 0.296. The summed E-state index contributed by atoms with van der Waals surface area (Å²) < 4.78 is 2.25. The molecule has 178 valence electrons. The first-order valence-electron chi connectivity index (χ1n) is 11.9. The van der Waals surface area contributed by atoms with Crippen molar-refractivity contribution in [3.05, 3.63) is 75.9 Å². The molecule has 0 aliphatic carbocycles. The molecule has 2 aliphatic rings. The third kappa shape index (κ3) is 3.43. The van der Waals surface area contributed by atoms with Crippen LogP contribution in [0.2, 0.25) is 0 Å². The molecule has 4 heterocycles. The van der Waals surface area contributed by atoms with Gasteiger partial charge in [0.1, 0.15) is 6.17 Å². The highest BCUT2D eigenvalue weighted by Crippen LogP contribution is 2.44. The lowest BCUT2D eigenvalue weighted by Crippen LogP contribution is -2.51. The van der Waals surface area contributed by atoms with Gasteiger partial charge in [-0.05, 0) is 44.0 Å². The summed E-state index contributed by atoms with van der Waals surface area (Å²) in [5.74, 6) is 0.00905. The number of benzene rings is 2. The van der Waals surface area contributed by atoms with Crippen molar-refractivity contribution in [3.8, 4) is 0 Å². The lowest BCUT2D eigenvalue weighted by Gasteiger charge is -2.46. The number of nitrogens with zero attached hydrogens (tertiary/aromatic N) is 4. The van der Waals surface area contributed by atoms with E-state index in [0.29, 0.717) is 24.6 Å². The van der Waals surface area contributed by atoms with E-state index in [0.717, 1.165) is 39.5 Å². The number of fused-ring (bicyclic) bond motifs is 6. The van der Waals surface area contributed by atoms with Crippen LogP contribution in [0.25, 0.3) is 10.9 Å². The maximum absolute atomic E-state index is 13.5. The van der Waals surface area contributed by atoms with E-state index in [2.05, 4.69) is 45.0 Å². The number of para-hydroxylation sites is 2. The predicted molar refractivity (Wildman–Crippen MR) is 139 cm³/mol. The van der Waals surface area contributed by atoms with E-state index in [1.807, 2.05) is 49.1 Å². The second kappa shape index (κ2) is 8.23. The molecule has 0 saturated heterocycles. The Bertz CT molecular complexity index is 1470. The van der Waals surface area contributed by atoms with Crippen LogP contribution in [0.1, 0.15) is 44.8 Å². The first-order valence-corrected chi connectivity index (χ1v) is 12.7. The maximum Gasteiger partial charge on any atom is 0.257 e. The quantitative estimate of drug-likeness (QED) is 0.447. The summed E-state index contributed by atoms with van der Waals surface area (Å²) in [6.45, 7) is 5.16. The lowest BCUT2D eigenvalue weighted by molar-refractivity contribution is -0.116. The molecule has 1 unspecified atom stereocenters. The Morgan fingerprint density at radius 1 is 1.14 bits per heavy atom. The molecule has 6 rings (SSSR count). The van der Waals surface area contributed by atoms with Gasteiger partial charge in [-0.1, -0.05) is 30.3 Å². The Balaban J connectivity index is 1.38. The average Bonchev–Trinajstić information content (AvgIpc) is 3.36. The van der Waals surface area contributed by atoms with E-state index in [4.69, 9.17) is 0 Å². The van der Waals surface area contributed by atoms with Crippen LogP contribution in [0.4, 0.5) is 10.8 Å². The number of nitrogens with one attached hydrogen (secondary N) is 1.